The Morgan fingerprint density at radius 1 is 1.17 bits per heavy atom. The molecule has 0 amide bonds. The highest BCUT2D eigenvalue weighted by atomic mass is 19.1. The van der Waals surface area contributed by atoms with E-state index in [1.54, 1.807) is 15.6 Å². The van der Waals surface area contributed by atoms with Gasteiger partial charge in [-0.1, -0.05) is 33.6 Å². The molecule has 1 aromatic heterocycles. The first-order valence-electron chi connectivity index (χ1n) is 7.92. The van der Waals surface area contributed by atoms with Gasteiger partial charge in [0.25, 0.3) is 0 Å². The molecule has 1 heterocycles. The molecule has 2 aromatic rings. The molecule has 1 aromatic carbocycles. The molecule has 128 valence electrons. The predicted molar refractivity (Wildman–Crippen MR) is 97.9 cm³/mol. The van der Waals surface area contributed by atoms with Gasteiger partial charge in [0.05, 0.1) is 28.6 Å². The van der Waals surface area contributed by atoms with Gasteiger partial charge in [0.2, 0.25) is 0 Å². The van der Waals surface area contributed by atoms with Crippen LogP contribution >= 0.6 is 0 Å². The lowest BCUT2D eigenvalue weighted by molar-refractivity contribution is 0.624. The van der Waals surface area contributed by atoms with E-state index in [0.717, 1.165) is 5.69 Å². The number of rotatable bonds is 2. The van der Waals surface area contributed by atoms with Crippen LogP contribution < -0.4 is 4.90 Å². The molecule has 0 aliphatic carbocycles. The summed E-state index contributed by atoms with van der Waals surface area (Å²) in [7, 11) is 3.67. The normalized spacial score (nSPS) is 8.75. The Bertz CT molecular complexity index is 746. The predicted octanol–water partition coefficient (Wildman–Crippen LogP) is 4.29. The van der Waals surface area contributed by atoms with Crippen LogP contribution in [0, 0.1) is 36.4 Å². The minimum absolute atomic E-state index is 0.239. The molecule has 0 unspecified atom stereocenters. The van der Waals surface area contributed by atoms with E-state index in [4.69, 9.17) is 11.7 Å². The Labute approximate surface area is 144 Å². The van der Waals surface area contributed by atoms with Gasteiger partial charge in [0.15, 0.2) is 5.82 Å². The average Bonchev–Trinajstić information content (AvgIpc) is 2.94. The van der Waals surface area contributed by atoms with Crippen LogP contribution in [-0.2, 0) is 0 Å². The number of anilines is 1. The molecular weight excluding hydrogens is 303 g/mol. The molecule has 0 N–H and O–H groups in total. The van der Waals surface area contributed by atoms with Crippen molar-refractivity contribution < 1.29 is 4.39 Å². The number of nitrogens with zero attached hydrogens (tertiary/aromatic N) is 4. The summed E-state index contributed by atoms with van der Waals surface area (Å²) in [5.41, 5.74) is 2.09. The Balaban J connectivity index is 0.00000123. The van der Waals surface area contributed by atoms with Crippen molar-refractivity contribution in [2.24, 2.45) is 0 Å². The van der Waals surface area contributed by atoms with Gasteiger partial charge in [0.1, 0.15) is 5.82 Å². The fourth-order valence-corrected chi connectivity index (χ4v) is 1.98. The van der Waals surface area contributed by atoms with Crippen LogP contribution in [0.15, 0.2) is 18.2 Å². The van der Waals surface area contributed by atoms with Crippen molar-refractivity contribution in [2.45, 2.75) is 34.6 Å². The van der Waals surface area contributed by atoms with Crippen LogP contribution in [0.1, 0.15) is 44.5 Å². The van der Waals surface area contributed by atoms with Gasteiger partial charge in [0, 0.05) is 14.1 Å². The third-order valence-corrected chi connectivity index (χ3v) is 2.92. The van der Waals surface area contributed by atoms with Crippen LogP contribution in [0.4, 0.5) is 10.2 Å². The second kappa shape index (κ2) is 10.1. The molecule has 0 aliphatic rings. The van der Waals surface area contributed by atoms with Crippen LogP contribution in [-0.4, -0.2) is 23.9 Å². The third kappa shape index (κ3) is 4.60. The summed E-state index contributed by atoms with van der Waals surface area (Å²) in [4.78, 5) is 1.79. The summed E-state index contributed by atoms with van der Waals surface area (Å²) in [6.45, 7) is 9.81. The quantitative estimate of drug-likeness (QED) is 0.773. The SMILES string of the molecule is C#Cc1c(N(C)C)nn(-c2cc(F)cc(C#N)c2)c1C.CC.CC. The molecule has 0 saturated heterocycles. The molecule has 4 nitrogen and oxygen atoms in total. The van der Waals surface area contributed by atoms with E-state index in [0.29, 0.717) is 17.1 Å². The minimum Gasteiger partial charge on any atom is -0.360 e. The molecule has 2 rings (SSSR count). The Morgan fingerprint density at radius 3 is 2.17 bits per heavy atom. The number of benzene rings is 1. The Kier molecular flexibility index (Phi) is 8.90. The second-order valence-electron chi connectivity index (χ2n) is 4.54. The lowest BCUT2D eigenvalue weighted by Crippen LogP contribution is -2.11. The number of halogens is 1. The summed E-state index contributed by atoms with van der Waals surface area (Å²) in [5, 5.41) is 13.3. The number of hydrogen-bond acceptors (Lipinski definition) is 3. The van der Waals surface area contributed by atoms with Gasteiger partial charge in [-0.05, 0) is 25.1 Å². The van der Waals surface area contributed by atoms with Crippen LogP contribution in [0.25, 0.3) is 5.69 Å². The fourth-order valence-electron chi connectivity index (χ4n) is 1.98. The van der Waals surface area contributed by atoms with Crippen molar-refractivity contribution >= 4 is 5.82 Å². The molecule has 0 saturated carbocycles. The van der Waals surface area contributed by atoms with Crippen LogP contribution in [0.3, 0.4) is 0 Å². The molecule has 0 spiro atoms. The Hall–Kier alpha value is -2.79. The smallest absolute Gasteiger partial charge is 0.166 e. The average molecular weight is 328 g/mol. The van der Waals surface area contributed by atoms with Gasteiger partial charge in [-0.25, -0.2) is 9.07 Å². The second-order valence-corrected chi connectivity index (χ2v) is 4.54. The molecule has 5 heteroatoms. The van der Waals surface area contributed by atoms with Crippen molar-refractivity contribution in [3.8, 4) is 24.1 Å². The fraction of sp³-hybridized carbons (Fsp3) is 0.368. The summed E-state index contributed by atoms with van der Waals surface area (Å²) >= 11 is 0. The maximum atomic E-state index is 13.5. The minimum atomic E-state index is -0.484. The lowest BCUT2D eigenvalue weighted by atomic mass is 10.2. The molecule has 0 atom stereocenters. The lowest BCUT2D eigenvalue weighted by Gasteiger charge is -2.08. The van der Waals surface area contributed by atoms with E-state index < -0.39 is 5.82 Å². The molecule has 24 heavy (non-hydrogen) atoms. The summed E-state index contributed by atoms with van der Waals surface area (Å²) < 4.78 is 15.1. The molecule has 0 fully saturated rings. The maximum Gasteiger partial charge on any atom is 0.166 e. The molecule has 0 radical (unpaired) electrons. The Morgan fingerprint density at radius 2 is 1.75 bits per heavy atom. The van der Waals surface area contributed by atoms with E-state index in [2.05, 4.69) is 11.0 Å². The zero-order chi connectivity index (χ0) is 18.9. The van der Waals surface area contributed by atoms with Gasteiger partial charge in [-0.3, -0.25) is 0 Å². The van der Waals surface area contributed by atoms with Crippen LogP contribution in [0.2, 0.25) is 0 Å². The highest BCUT2D eigenvalue weighted by Gasteiger charge is 2.16. The third-order valence-electron chi connectivity index (χ3n) is 2.92. The van der Waals surface area contributed by atoms with E-state index >= 15 is 0 Å². The zero-order valence-corrected chi connectivity index (χ0v) is 15.5. The van der Waals surface area contributed by atoms with Crippen LogP contribution in [0.5, 0.6) is 0 Å². The number of hydrogen-bond donors (Lipinski definition) is 0. The van der Waals surface area contributed by atoms with Gasteiger partial charge < -0.3 is 4.90 Å². The van der Waals surface area contributed by atoms with Crippen molar-refractivity contribution in [1.29, 1.82) is 5.26 Å². The molecule has 0 bridgehead atoms. The highest BCUT2D eigenvalue weighted by molar-refractivity contribution is 5.59. The first-order chi connectivity index (χ1) is 11.5. The topological polar surface area (TPSA) is 44.9 Å². The van der Waals surface area contributed by atoms with Gasteiger partial charge in [-0.2, -0.15) is 5.26 Å². The molecule has 0 aliphatic heterocycles. The monoisotopic (exact) mass is 328 g/mol. The number of nitriles is 1. The first kappa shape index (κ1) is 21.2. The van der Waals surface area contributed by atoms with Gasteiger partial charge >= 0.3 is 0 Å². The number of terminal acetylenes is 1. The van der Waals surface area contributed by atoms with Crippen molar-refractivity contribution in [2.75, 3.05) is 19.0 Å². The van der Waals surface area contributed by atoms with E-state index in [-0.39, 0.29) is 5.56 Å². The van der Waals surface area contributed by atoms with Crippen molar-refractivity contribution in [3.05, 3.63) is 40.8 Å². The standard InChI is InChI=1S/C15H13FN4.2C2H6/c1-5-14-10(2)20(18-15(14)19(3)4)13-7-11(9-17)6-12(16)8-13;2*1-2/h1,6-8H,2-4H3;2*1-2H3. The summed E-state index contributed by atoms with van der Waals surface area (Å²) in [6, 6.07) is 5.99. The summed E-state index contributed by atoms with van der Waals surface area (Å²) in [6.07, 6.45) is 5.51. The molecular formula is C19H25FN4. The van der Waals surface area contributed by atoms with Gasteiger partial charge in [-0.15, -0.1) is 11.5 Å². The van der Waals surface area contributed by atoms with E-state index in [9.17, 15) is 4.39 Å². The largest absolute Gasteiger partial charge is 0.360 e. The highest BCUT2D eigenvalue weighted by Crippen LogP contribution is 2.24. The number of aromatic nitrogens is 2. The first-order valence-corrected chi connectivity index (χ1v) is 7.92. The van der Waals surface area contributed by atoms with E-state index in [1.165, 1.54) is 12.1 Å². The maximum absolute atomic E-state index is 13.5. The van der Waals surface area contributed by atoms with Crippen molar-refractivity contribution in [1.82, 2.24) is 9.78 Å². The van der Waals surface area contributed by atoms with Crippen molar-refractivity contribution in [3.63, 3.8) is 0 Å². The van der Waals surface area contributed by atoms with E-state index in [1.807, 2.05) is 54.8 Å². The summed E-state index contributed by atoms with van der Waals surface area (Å²) in [5.74, 6) is 2.74. The zero-order valence-electron chi connectivity index (χ0n) is 15.5.